The van der Waals surface area contributed by atoms with Gasteiger partial charge in [0.15, 0.2) is 0 Å². The largest absolute Gasteiger partial charge is 0.432 e. The van der Waals surface area contributed by atoms with Crippen molar-refractivity contribution in [1.82, 2.24) is 0 Å². The third kappa shape index (κ3) is 7.41. The van der Waals surface area contributed by atoms with E-state index in [2.05, 4.69) is 18.6 Å². The van der Waals surface area contributed by atoms with Gasteiger partial charge in [0, 0.05) is 0 Å². The molecule has 3 fully saturated rings. The second kappa shape index (κ2) is 12.4. The number of rotatable bonds is 8. The minimum atomic E-state index is -5.12. The van der Waals surface area contributed by atoms with E-state index in [1.807, 2.05) is 0 Å². The molecule has 3 aliphatic rings. The lowest BCUT2D eigenvalue weighted by Crippen LogP contribution is -2.28. The minimum Gasteiger partial charge on any atom is -0.432 e. The number of halogens is 6. The van der Waals surface area contributed by atoms with Gasteiger partial charge in [0.25, 0.3) is 0 Å². The molecule has 0 heterocycles. The zero-order chi connectivity index (χ0) is 27.5. The standard InChI is InChI=1S/C31H44F6O/c1-3-21-8-10-23(11-9-21)24-12-14-25(15-13-24)26-16-17-27(28(29(26)32)31(35,36)37)38-30(33,34)19-18-22-6-4-20(2)5-7-22/h16-17,20-25H,3-15,18-19H2,1-2H3. The van der Waals surface area contributed by atoms with Crippen molar-refractivity contribution in [3.05, 3.63) is 29.1 Å². The average Bonchev–Trinajstić information content (AvgIpc) is 2.88. The molecule has 3 saturated carbocycles. The Kier molecular flexibility index (Phi) is 9.66. The van der Waals surface area contributed by atoms with E-state index < -0.39 is 35.8 Å². The van der Waals surface area contributed by atoms with Gasteiger partial charge in [-0.05, 0) is 92.1 Å². The monoisotopic (exact) mass is 546 g/mol. The van der Waals surface area contributed by atoms with Crippen LogP contribution < -0.4 is 4.74 Å². The second-order valence-electron chi connectivity index (χ2n) is 12.5. The van der Waals surface area contributed by atoms with E-state index >= 15 is 4.39 Å². The summed E-state index contributed by atoms with van der Waals surface area (Å²) in [5.41, 5.74) is -1.71. The Labute approximate surface area is 224 Å². The highest BCUT2D eigenvalue weighted by Gasteiger charge is 2.43. The third-order valence-corrected chi connectivity index (χ3v) is 10.0. The molecule has 0 saturated heterocycles. The van der Waals surface area contributed by atoms with Crippen molar-refractivity contribution in [2.45, 2.75) is 128 Å². The van der Waals surface area contributed by atoms with Gasteiger partial charge in [0.05, 0.1) is 6.42 Å². The van der Waals surface area contributed by atoms with Gasteiger partial charge in [-0.1, -0.05) is 64.9 Å². The number of ether oxygens (including phenoxy) is 1. The highest BCUT2D eigenvalue weighted by molar-refractivity contribution is 5.42. The van der Waals surface area contributed by atoms with Crippen LogP contribution in [0.3, 0.4) is 0 Å². The fourth-order valence-electron chi connectivity index (χ4n) is 7.41. The van der Waals surface area contributed by atoms with Crippen LogP contribution in [0.25, 0.3) is 0 Å². The smallest absolute Gasteiger partial charge is 0.422 e. The molecule has 0 amide bonds. The van der Waals surface area contributed by atoms with Crippen LogP contribution in [0.1, 0.15) is 127 Å². The second-order valence-corrected chi connectivity index (χ2v) is 12.5. The fraction of sp³-hybridized carbons (Fsp3) is 0.806. The van der Waals surface area contributed by atoms with Gasteiger partial charge in [-0.15, -0.1) is 0 Å². The predicted molar refractivity (Wildman–Crippen MR) is 138 cm³/mol. The molecule has 1 nitrogen and oxygen atoms in total. The summed E-state index contributed by atoms with van der Waals surface area (Å²) >= 11 is 0. The highest BCUT2D eigenvalue weighted by atomic mass is 19.4. The Bertz CT molecular complexity index is 888. The summed E-state index contributed by atoms with van der Waals surface area (Å²) in [6.45, 7) is 4.36. The minimum absolute atomic E-state index is 0.0162. The average molecular weight is 547 g/mol. The summed E-state index contributed by atoms with van der Waals surface area (Å²) in [4.78, 5) is 0. The van der Waals surface area contributed by atoms with Crippen LogP contribution in [0.2, 0.25) is 0 Å². The molecule has 0 atom stereocenters. The van der Waals surface area contributed by atoms with Crippen LogP contribution in [0.5, 0.6) is 5.75 Å². The van der Waals surface area contributed by atoms with E-state index in [9.17, 15) is 22.0 Å². The number of benzene rings is 1. The third-order valence-electron chi connectivity index (χ3n) is 10.0. The van der Waals surface area contributed by atoms with Crippen molar-refractivity contribution in [1.29, 1.82) is 0 Å². The van der Waals surface area contributed by atoms with E-state index in [1.54, 1.807) is 0 Å². The van der Waals surface area contributed by atoms with E-state index in [0.717, 1.165) is 50.5 Å². The van der Waals surface area contributed by atoms with Gasteiger partial charge in [-0.3, -0.25) is 0 Å². The Balaban J connectivity index is 1.41. The van der Waals surface area contributed by atoms with Crippen molar-refractivity contribution < 1.29 is 31.1 Å². The molecule has 3 aliphatic carbocycles. The molecular weight excluding hydrogens is 502 g/mol. The summed E-state index contributed by atoms with van der Waals surface area (Å²) < 4.78 is 91.1. The maximum absolute atomic E-state index is 15.4. The van der Waals surface area contributed by atoms with Gasteiger partial charge < -0.3 is 4.74 Å². The molecule has 0 aliphatic heterocycles. The topological polar surface area (TPSA) is 9.23 Å². The van der Waals surface area contributed by atoms with Gasteiger partial charge in [-0.2, -0.15) is 22.0 Å². The molecule has 0 spiro atoms. The molecule has 0 radical (unpaired) electrons. The predicted octanol–water partition coefficient (Wildman–Crippen LogP) is 10.9. The fourth-order valence-corrected chi connectivity index (χ4v) is 7.41. The molecule has 4 rings (SSSR count). The highest BCUT2D eigenvalue weighted by Crippen LogP contribution is 2.48. The maximum atomic E-state index is 15.4. The van der Waals surface area contributed by atoms with E-state index in [-0.39, 0.29) is 23.8 Å². The van der Waals surface area contributed by atoms with Crippen molar-refractivity contribution in [2.24, 2.45) is 29.6 Å². The first-order valence-corrected chi connectivity index (χ1v) is 14.9. The van der Waals surface area contributed by atoms with Crippen molar-refractivity contribution >= 4 is 0 Å². The van der Waals surface area contributed by atoms with Crippen molar-refractivity contribution in [3.63, 3.8) is 0 Å². The summed E-state index contributed by atoms with van der Waals surface area (Å²) in [7, 11) is 0. The first kappa shape index (κ1) is 29.6. The summed E-state index contributed by atoms with van der Waals surface area (Å²) in [5.74, 6) is -0.175. The van der Waals surface area contributed by atoms with Crippen molar-refractivity contribution in [3.8, 4) is 5.75 Å². The Morgan fingerprint density at radius 2 is 1.32 bits per heavy atom. The number of hydrogen-bond donors (Lipinski definition) is 0. The van der Waals surface area contributed by atoms with E-state index in [1.165, 1.54) is 38.2 Å². The SMILES string of the molecule is CCC1CCC(C2CCC(c3ccc(OC(F)(F)CCC4CCC(C)CC4)c(C(F)(F)F)c3F)CC2)CC1. The van der Waals surface area contributed by atoms with Crippen LogP contribution >= 0.6 is 0 Å². The quantitative estimate of drug-likeness (QED) is 0.295. The molecular formula is C31H44F6O. The van der Waals surface area contributed by atoms with Crippen LogP contribution in [-0.2, 0) is 6.18 Å². The van der Waals surface area contributed by atoms with Gasteiger partial charge >= 0.3 is 12.3 Å². The molecule has 216 valence electrons. The van der Waals surface area contributed by atoms with Crippen molar-refractivity contribution in [2.75, 3.05) is 0 Å². The number of alkyl halides is 5. The summed E-state index contributed by atoms with van der Waals surface area (Å²) in [6.07, 6.45) is 3.38. The Hall–Kier alpha value is -1.40. The first-order chi connectivity index (χ1) is 18.0. The maximum Gasteiger partial charge on any atom is 0.422 e. The van der Waals surface area contributed by atoms with E-state index in [4.69, 9.17) is 0 Å². The lowest BCUT2D eigenvalue weighted by molar-refractivity contribution is -0.189. The molecule has 1 aromatic rings. The normalized spacial score (nSPS) is 31.3. The zero-order valence-electron chi connectivity index (χ0n) is 22.9. The van der Waals surface area contributed by atoms with Crippen LogP contribution in [-0.4, -0.2) is 6.11 Å². The lowest BCUT2D eigenvalue weighted by atomic mass is 9.68. The lowest BCUT2D eigenvalue weighted by Gasteiger charge is -2.38. The summed E-state index contributed by atoms with van der Waals surface area (Å²) in [6, 6.07) is 2.16. The molecule has 38 heavy (non-hydrogen) atoms. The van der Waals surface area contributed by atoms with Crippen LogP contribution in [0.15, 0.2) is 12.1 Å². The molecule has 0 unspecified atom stereocenters. The summed E-state index contributed by atoms with van der Waals surface area (Å²) in [5, 5.41) is 0. The molecule has 0 N–H and O–H groups in total. The molecule has 7 heteroatoms. The molecule has 1 aromatic carbocycles. The van der Waals surface area contributed by atoms with Crippen LogP contribution in [0.4, 0.5) is 26.3 Å². The van der Waals surface area contributed by atoms with Gasteiger partial charge in [0.2, 0.25) is 0 Å². The van der Waals surface area contributed by atoms with Gasteiger partial charge in [-0.25, -0.2) is 4.39 Å². The van der Waals surface area contributed by atoms with Gasteiger partial charge in [0.1, 0.15) is 17.1 Å². The Morgan fingerprint density at radius 1 is 0.763 bits per heavy atom. The number of hydrogen-bond acceptors (Lipinski definition) is 1. The zero-order valence-corrected chi connectivity index (χ0v) is 22.9. The van der Waals surface area contributed by atoms with E-state index in [0.29, 0.717) is 30.6 Å². The molecule has 0 aromatic heterocycles. The van der Waals surface area contributed by atoms with Crippen LogP contribution in [0, 0.1) is 35.4 Å². The first-order valence-electron chi connectivity index (χ1n) is 14.9. The Morgan fingerprint density at radius 3 is 1.87 bits per heavy atom. The molecule has 0 bridgehead atoms.